The molecule has 0 atom stereocenters. The van der Waals surface area contributed by atoms with Gasteiger partial charge in [-0.05, 0) is 30.7 Å². The van der Waals surface area contributed by atoms with Crippen molar-refractivity contribution >= 4 is 52.0 Å². The highest BCUT2D eigenvalue weighted by Gasteiger charge is 2.33. The van der Waals surface area contributed by atoms with Crippen LogP contribution in [0.3, 0.4) is 0 Å². The Hall–Kier alpha value is -1.96. The number of aryl methyl sites for hydroxylation is 1. The second-order valence-electron chi connectivity index (χ2n) is 5.61. The van der Waals surface area contributed by atoms with Crippen molar-refractivity contribution < 1.29 is 18.0 Å². The summed E-state index contributed by atoms with van der Waals surface area (Å²) in [5, 5.41) is 2.92. The van der Waals surface area contributed by atoms with Crippen LogP contribution in [0.2, 0.25) is 15.1 Å². The number of fused-ring (bicyclic) bond motifs is 1. The van der Waals surface area contributed by atoms with Gasteiger partial charge in [0.15, 0.2) is 5.65 Å². The Morgan fingerprint density at radius 1 is 1.19 bits per heavy atom. The predicted molar refractivity (Wildman–Crippen MR) is 99.0 cm³/mol. The van der Waals surface area contributed by atoms with Crippen molar-refractivity contribution in [3.8, 4) is 0 Å². The maximum absolute atomic E-state index is 13.1. The number of halogens is 6. The molecule has 10 heteroatoms. The van der Waals surface area contributed by atoms with Crippen molar-refractivity contribution in [1.29, 1.82) is 0 Å². The predicted octanol–water partition coefficient (Wildman–Crippen LogP) is 6.13. The van der Waals surface area contributed by atoms with Crippen LogP contribution in [-0.4, -0.2) is 15.3 Å². The Labute approximate surface area is 166 Å². The number of pyridine rings is 1. The molecule has 0 aliphatic carbocycles. The minimum absolute atomic E-state index is 0.0588. The molecule has 0 unspecified atom stereocenters. The summed E-state index contributed by atoms with van der Waals surface area (Å²) in [6.45, 7) is 1.73. The van der Waals surface area contributed by atoms with Crippen LogP contribution in [-0.2, 0) is 12.6 Å². The number of rotatable bonds is 3. The highest BCUT2D eigenvalue weighted by Crippen LogP contribution is 2.33. The number of benzene rings is 1. The number of carbonyl (C=O) groups excluding carboxylic acids is 1. The van der Waals surface area contributed by atoms with Gasteiger partial charge in [0.2, 0.25) is 0 Å². The summed E-state index contributed by atoms with van der Waals surface area (Å²) in [5.41, 5.74) is -0.466. The smallest absolute Gasteiger partial charge is 0.319 e. The third kappa shape index (κ3) is 3.85. The fraction of sp³-hybridized carbons (Fsp3) is 0.176. The first-order chi connectivity index (χ1) is 12.6. The summed E-state index contributed by atoms with van der Waals surface area (Å²) in [7, 11) is 0. The van der Waals surface area contributed by atoms with E-state index in [1.165, 1.54) is 12.1 Å². The van der Waals surface area contributed by atoms with E-state index >= 15 is 0 Å². The van der Waals surface area contributed by atoms with Gasteiger partial charge in [-0.25, -0.2) is 4.98 Å². The van der Waals surface area contributed by atoms with Gasteiger partial charge in [-0.1, -0.05) is 41.7 Å². The molecule has 1 amide bonds. The molecule has 1 N–H and O–H groups in total. The van der Waals surface area contributed by atoms with E-state index in [1.54, 1.807) is 13.0 Å². The van der Waals surface area contributed by atoms with E-state index in [2.05, 4.69) is 10.3 Å². The van der Waals surface area contributed by atoms with Crippen LogP contribution in [0, 0.1) is 0 Å². The first kappa shape index (κ1) is 19.8. The van der Waals surface area contributed by atoms with Crippen LogP contribution in [0.5, 0.6) is 0 Å². The molecular formula is C17H11Cl3F3N3O. The fourth-order valence-electron chi connectivity index (χ4n) is 2.57. The topological polar surface area (TPSA) is 46.4 Å². The number of aromatic nitrogens is 2. The zero-order valence-corrected chi connectivity index (χ0v) is 15.9. The number of nitrogens with zero attached hydrogens (tertiary/aromatic N) is 2. The van der Waals surface area contributed by atoms with E-state index in [4.69, 9.17) is 34.8 Å². The Morgan fingerprint density at radius 3 is 2.52 bits per heavy atom. The summed E-state index contributed by atoms with van der Waals surface area (Å²) in [6.07, 6.45) is -3.52. The van der Waals surface area contributed by atoms with Crippen LogP contribution in [0.25, 0.3) is 5.65 Å². The van der Waals surface area contributed by atoms with Gasteiger partial charge in [0.25, 0.3) is 5.91 Å². The molecule has 1 aromatic carbocycles. The molecule has 142 valence electrons. The average Bonchev–Trinajstić information content (AvgIpc) is 2.96. The standard InChI is InChI=1S/C17H11Cl3F3N3O/c1-2-12-14(16(27)25-13-6-9(18)3-4-10(13)19)26-7-8(17(21,22)23)5-11(20)15(26)24-12/h3-7H,2H2,1H3,(H,25,27). The SMILES string of the molecule is CCc1nc2c(Cl)cc(C(F)(F)F)cn2c1C(=O)Nc1cc(Cl)ccc1Cl. The van der Waals surface area contributed by atoms with Crippen molar-refractivity contribution in [2.24, 2.45) is 0 Å². The quantitative estimate of drug-likeness (QED) is 0.537. The molecule has 2 aromatic heterocycles. The van der Waals surface area contributed by atoms with Gasteiger partial charge in [0.1, 0.15) is 5.69 Å². The molecule has 3 rings (SSSR count). The largest absolute Gasteiger partial charge is 0.417 e. The number of alkyl halides is 3. The maximum atomic E-state index is 13.1. The number of imidazole rings is 1. The summed E-state index contributed by atoms with van der Waals surface area (Å²) in [5.74, 6) is -0.682. The van der Waals surface area contributed by atoms with Gasteiger partial charge in [-0.3, -0.25) is 9.20 Å². The number of carbonyl (C=O) groups is 1. The van der Waals surface area contributed by atoms with Crippen LogP contribution >= 0.6 is 34.8 Å². The van der Waals surface area contributed by atoms with Gasteiger partial charge in [0, 0.05) is 11.2 Å². The molecule has 0 aliphatic heterocycles. The normalized spacial score (nSPS) is 11.8. The summed E-state index contributed by atoms with van der Waals surface area (Å²) in [4.78, 5) is 17.0. The van der Waals surface area contributed by atoms with Gasteiger partial charge < -0.3 is 5.32 Å². The number of hydrogen-bond donors (Lipinski definition) is 1. The van der Waals surface area contributed by atoms with Crippen LogP contribution < -0.4 is 5.32 Å². The fourth-order valence-corrected chi connectivity index (χ4v) is 3.16. The maximum Gasteiger partial charge on any atom is 0.417 e. The number of amides is 1. The lowest BCUT2D eigenvalue weighted by atomic mass is 10.2. The second-order valence-corrected chi connectivity index (χ2v) is 6.86. The molecule has 2 heterocycles. The van der Waals surface area contributed by atoms with Crippen molar-refractivity contribution in [2.45, 2.75) is 19.5 Å². The lowest BCUT2D eigenvalue weighted by Crippen LogP contribution is -2.17. The zero-order valence-electron chi connectivity index (χ0n) is 13.7. The lowest BCUT2D eigenvalue weighted by molar-refractivity contribution is -0.137. The van der Waals surface area contributed by atoms with E-state index in [0.29, 0.717) is 17.1 Å². The molecule has 0 saturated heterocycles. The number of anilines is 1. The third-order valence-corrected chi connectivity index (χ3v) is 4.64. The zero-order chi connectivity index (χ0) is 19.9. The molecule has 0 fully saturated rings. The molecule has 0 radical (unpaired) electrons. The van der Waals surface area contributed by atoms with Gasteiger partial charge in [-0.15, -0.1) is 0 Å². The summed E-state index contributed by atoms with van der Waals surface area (Å²) in [6, 6.07) is 5.25. The second kappa shape index (κ2) is 7.22. The van der Waals surface area contributed by atoms with Gasteiger partial charge in [-0.2, -0.15) is 13.2 Å². The van der Waals surface area contributed by atoms with Gasteiger partial charge >= 0.3 is 6.18 Å². The molecule has 3 aromatic rings. The van der Waals surface area contributed by atoms with E-state index < -0.39 is 17.6 Å². The first-order valence-corrected chi connectivity index (χ1v) is 8.79. The van der Waals surface area contributed by atoms with Crippen LogP contribution in [0.4, 0.5) is 18.9 Å². The van der Waals surface area contributed by atoms with Crippen LogP contribution in [0.1, 0.15) is 28.7 Å². The van der Waals surface area contributed by atoms with E-state index in [9.17, 15) is 18.0 Å². The third-order valence-electron chi connectivity index (χ3n) is 3.80. The van der Waals surface area contributed by atoms with Crippen molar-refractivity contribution in [3.63, 3.8) is 0 Å². The molecule has 4 nitrogen and oxygen atoms in total. The van der Waals surface area contributed by atoms with Crippen LogP contribution in [0.15, 0.2) is 30.5 Å². The molecule has 0 saturated carbocycles. The summed E-state index contributed by atoms with van der Waals surface area (Å²) >= 11 is 17.9. The molecular weight excluding hydrogens is 426 g/mol. The lowest BCUT2D eigenvalue weighted by Gasteiger charge is -2.11. The average molecular weight is 437 g/mol. The number of hydrogen-bond acceptors (Lipinski definition) is 2. The highest BCUT2D eigenvalue weighted by molar-refractivity contribution is 6.36. The Bertz CT molecular complexity index is 1050. The summed E-state index contributed by atoms with van der Waals surface area (Å²) < 4.78 is 40.4. The van der Waals surface area contributed by atoms with E-state index in [-0.39, 0.29) is 27.1 Å². The monoisotopic (exact) mass is 435 g/mol. The Balaban J connectivity index is 2.15. The van der Waals surface area contributed by atoms with Crippen molar-refractivity contribution in [3.05, 3.63) is 62.5 Å². The van der Waals surface area contributed by atoms with E-state index in [1.807, 2.05) is 0 Å². The molecule has 27 heavy (non-hydrogen) atoms. The highest BCUT2D eigenvalue weighted by atomic mass is 35.5. The molecule has 0 bridgehead atoms. The molecule has 0 spiro atoms. The number of nitrogens with one attached hydrogen (secondary N) is 1. The van der Waals surface area contributed by atoms with Crippen molar-refractivity contribution in [1.82, 2.24) is 9.38 Å². The van der Waals surface area contributed by atoms with E-state index in [0.717, 1.165) is 16.7 Å². The Kier molecular flexibility index (Phi) is 5.29. The Morgan fingerprint density at radius 2 is 1.89 bits per heavy atom. The minimum atomic E-state index is -4.63. The van der Waals surface area contributed by atoms with Crippen molar-refractivity contribution in [2.75, 3.05) is 5.32 Å². The first-order valence-electron chi connectivity index (χ1n) is 7.66. The van der Waals surface area contributed by atoms with Gasteiger partial charge in [0.05, 0.1) is 27.0 Å². The molecule has 0 aliphatic rings. The minimum Gasteiger partial charge on any atom is -0.319 e.